The number of aryl methyl sites for hydroxylation is 2. The van der Waals surface area contributed by atoms with Crippen LogP contribution in [0.2, 0.25) is 0 Å². The minimum Gasteiger partial charge on any atom is -0.267 e. The number of hydrogen-bond donors (Lipinski definition) is 1. The molecule has 1 aromatic carbocycles. The van der Waals surface area contributed by atoms with Gasteiger partial charge >= 0.3 is 0 Å². The Labute approximate surface area is 118 Å². The highest BCUT2D eigenvalue weighted by atomic mass is 16.2. The summed E-state index contributed by atoms with van der Waals surface area (Å²) in [7, 11) is 0. The number of hydrazone groups is 1. The number of carbonyl (C=O) groups excluding carboxylic acids is 1. The lowest BCUT2D eigenvalue weighted by atomic mass is 10.0. The van der Waals surface area contributed by atoms with Crippen molar-refractivity contribution in [1.29, 1.82) is 0 Å². The van der Waals surface area contributed by atoms with Crippen LogP contribution in [0, 0.1) is 13.8 Å². The van der Waals surface area contributed by atoms with Gasteiger partial charge in [0, 0.05) is 18.0 Å². The van der Waals surface area contributed by atoms with Crippen molar-refractivity contribution < 1.29 is 4.79 Å². The molecule has 0 atom stereocenters. The fraction of sp³-hybridized carbons (Fsp3) is 0.188. The van der Waals surface area contributed by atoms with E-state index >= 15 is 0 Å². The average molecular weight is 267 g/mol. The van der Waals surface area contributed by atoms with Crippen LogP contribution in [0.5, 0.6) is 0 Å². The average Bonchev–Trinajstić information content (AvgIpc) is 2.45. The summed E-state index contributed by atoms with van der Waals surface area (Å²) in [6, 6.07) is 9.56. The van der Waals surface area contributed by atoms with Gasteiger partial charge in [-0.3, -0.25) is 9.78 Å². The van der Waals surface area contributed by atoms with Crippen LogP contribution in [-0.4, -0.2) is 16.6 Å². The second-order valence-corrected chi connectivity index (χ2v) is 4.70. The lowest BCUT2D eigenvalue weighted by Crippen LogP contribution is -2.19. The first-order valence-electron chi connectivity index (χ1n) is 6.40. The number of pyridine rings is 1. The molecule has 0 saturated carbocycles. The van der Waals surface area contributed by atoms with Crippen molar-refractivity contribution >= 4 is 11.6 Å². The molecule has 2 aromatic rings. The number of nitrogens with zero attached hydrogens (tertiary/aromatic N) is 2. The molecule has 1 N–H and O–H groups in total. The molecule has 0 unspecified atom stereocenters. The van der Waals surface area contributed by atoms with Gasteiger partial charge in [-0.2, -0.15) is 5.10 Å². The highest BCUT2D eigenvalue weighted by Gasteiger charge is 2.05. The smallest absolute Gasteiger partial charge is 0.267 e. The molecule has 4 nitrogen and oxygen atoms in total. The van der Waals surface area contributed by atoms with Crippen LogP contribution in [-0.2, 0) is 0 Å². The van der Waals surface area contributed by atoms with Gasteiger partial charge in [0.25, 0.3) is 5.91 Å². The second kappa shape index (κ2) is 6.10. The summed E-state index contributed by atoms with van der Waals surface area (Å²) in [5.74, 6) is -0.262. The molecule has 0 fully saturated rings. The largest absolute Gasteiger partial charge is 0.272 e. The molecule has 4 heteroatoms. The van der Waals surface area contributed by atoms with Gasteiger partial charge in [-0.1, -0.05) is 23.8 Å². The molecular formula is C16H17N3O. The standard InChI is InChI=1S/C16H17N3O/c1-11-6-7-15(12(2)9-11)13(3)18-19-16(20)14-5-4-8-17-10-14/h4-10H,1-3H3,(H,19,20)/b18-13+. The van der Waals surface area contributed by atoms with E-state index in [0.717, 1.165) is 16.8 Å². The summed E-state index contributed by atoms with van der Waals surface area (Å²) in [6.45, 7) is 5.96. The Morgan fingerprint density at radius 2 is 2.05 bits per heavy atom. The van der Waals surface area contributed by atoms with E-state index in [0.29, 0.717) is 5.56 Å². The Hall–Kier alpha value is -2.49. The molecule has 0 aliphatic rings. The number of amides is 1. The number of rotatable bonds is 3. The van der Waals surface area contributed by atoms with E-state index in [1.165, 1.54) is 11.8 Å². The van der Waals surface area contributed by atoms with E-state index in [1.807, 2.05) is 32.9 Å². The summed E-state index contributed by atoms with van der Waals surface area (Å²) >= 11 is 0. The predicted octanol–water partition coefficient (Wildman–Crippen LogP) is 2.85. The van der Waals surface area contributed by atoms with Gasteiger partial charge in [-0.15, -0.1) is 0 Å². The van der Waals surface area contributed by atoms with E-state index in [2.05, 4.69) is 21.6 Å². The summed E-state index contributed by atoms with van der Waals surface area (Å²) in [5, 5.41) is 4.15. The highest BCUT2D eigenvalue weighted by Crippen LogP contribution is 2.11. The maximum absolute atomic E-state index is 11.9. The number of benzene rings is 1. The molecular weight excluding hydrogens is 250 g/mol. The molecule has 1 amide bonds. The van der Waals surface area contributed by atoms with Gasteiger partial charge in [0.1, 0.15) is 0 Å². The van der Waals surface area contributed by atoms with Gasteiger partial charge < -0.3 is 0 Å². The second-order valence-electron chi connectivity index (χ2n) is 4.70. The molecule has 2 rings (SSSR count). The molecule has 0 aliphatic heterocycles. The van der Waals surface area contributed by atoms with E-state index < -0.39 is 0 Å². The lowest BCUT2D eigenvalue weighted by molar-refractivity contribution is 0.0954. The van der Waals surface area contributed by atoms with Crippen LogP contribution in [0.15, 0.2) is 47.8 Å². The van der Waals surface area contributed by atoms with Crippen molar-refractivity contribution in [2.75, 3.05) is 0 Å². The van der Waals surface area contributed by atoms with Gasteiger partial charge in [0.2, 0.25) is 0 Å². The molecule has 102 valence electrons. The minimum absolute atomic E-state index is 0.262. The lowest BCUT2D eigenvalue weighted by Gasteiger charge is -2.07. The van der Waals surface area contributed by atoms with Crippen LogP contribution in [0.3, 0.4) is 0 Å². The van der Waals surface area contributed by atoms with Gasteiger partial charge in [0.15, 0.2) is 0 Å². The SMILES string of the molecule is C/C(=N\NC(=O)c1cccnc1)c1ccc(C)cc1C. The quantitative estimate of drug-likeness (QED) is 0.686. The van der Waals surface area contributed by atoms with Crippen molar-refractivity contribution in [1.82, 2.24) is 10.4 Å². The van der Waals surface area contributed by atoms with Crippen LogP contribution in [0.1, 0.15) is 34.0 Å². The Kier molecular flexibility index (Phi) is 4.25. The summed E-state index contributed by atoms with van der Waals surface area (Å²) in [6.07, 6.45) is 3.14. The van der Waals surface area contributed by atoms with Gasteiger partial charge in [0.05, 0.1) is 11.3 Å². The third kappa shape index (κ3) is 3.29. The molecule has 0 bridgehead atoms. The van der Waals surface area contributed by atoms with Gasteiger partial charge in [-0.25, -0.2) is 5.43 Å². The summed E-state index contributed by atoms with van der Waals surface area (Å²) in [4.78, 5) is 15.8. The Bertz CT molecular complexity index is 648. The zero-order chi connectivity index (χ0) is 14.5. The van der Waals surface area contributed by atoms with Crippen LogP contribution in [0.25, 0.3) is 0 Å². The fourth-order valence-electron chi connectivity index (χ4n) is 1.98. The fourth-order valence-corrected chi connectivity index (χ4v) is 1.98. The monoisotopic (exact) mass is 267 g/mol. The van der Waals surface area contributed by atoms with E-state index in [1.54, 1.807) is 18.3 Å². The van der Waals surface area contributed by atoms with E-state index in [-0.39, 0.29) is 5.91 Å². The third-order valence-electron chi connectivity index (χ3n) is 3.02. The summed E-state index contributed by atoms with van der Waals surface area (Å²) in [5.41, 5.74) is 7.19. The van der Waals surface area contributed by atoms with Crippen molar-refractivity contribution in [3.8, 4) is 0 Å². The zero-order valence-electron chi connectivity index (χ0n) is 11.8. The Morgan fingerprint density at radius 3 is 2.70 bits per heavy atom. The molecule has 0 saturated heterocycles. The highest BCUT2D eigenvalue weighted by molar-refractivity contribution is 6.01. The van der Waals surface area contributed by atoms with E-state index in [9.17, 15) is 4.79 Å². The van der Waals surface area contributed by atoms with Crippen LogP contribution in [0.4, 0.5) is 0 Å². The Morgan fingerprint density at radius 1 is 1.25 bits per heavy atom. The zero-order valence-corrected chi connectivity index (χ0v) is 11.8. The van der Waals surface area contributed by atoms with Gasteiger partial charge in [-0.05, 0) is 38.5 Å². The Balaban J connectivity index is 2.13. The maximum atomic E-state index is 11.9. The molecule has 20 heavy (non-hydrogen) atoms. The summed E-state index contributed by atoms with van der Waals surface area (Å²) < 4.78 is 0. The number of nitrogens with one attached hydrogen (secondary N) is 1. The molecule has 0 aliphatic carbocycles. The normalized spacial score (nSPS) is 11.2. The van der Waals surface area contributed by atoms with E-state index in [4.69, 9.17) is 0 Å². The van der Waals surface area contributed by atoms with Crippen LogP contribution < -0.4 is 5.43 Å². The first-order valence-corrected chi connectivity index (χ1v) is 6.40. The van der Waals surface area contributed by atoms with Crippen molar-refractivity contribution in [2.24, 2.45) is 5.10 Å². The third-order valence-corrected chi connectivity index (χ3v) is 3.02. The molecule has 0 radical (unpaired) electrons. The predicted molar refractivity (Wildman–Crippen MR) is 79.8 cm³/mol. The first kappa shape index (κ1) is 13.9. The van der Waals surface area contributed by atoms with Crippen LogP contribution >= 0.6 is 0 Å². The molecule has 1 heterocycles. The molecule has 1 aromatic heterocycles. The van der Waals surface area contributed by atoms with Crippen molar-refractivity contribution in [2.45, 2.75) is 20.8 Å². The number of hydrogen-bond acceptors (Lipinski definition) is 3. The maximum Gasteiger partial charge on any atom is 0.272 e. The van der Waals surface area contributed by atoms with Crippen molar-refractivity contribution in [3.63, 3.8) is 0 Å². The van der Waals surface area contributed by atoms with Crippen molar-refractivity contribution in [3.05, 3.63) is 65.0 Å². The number of aromatic nitrogens is 1. The topological polar surface area (TPSA) is 54.4 Å². The number of carbonyl (C=O) groups is 1. The first-order chi connectivity index (χ1) is 9.58. The minimum atomic E-state index is -0.262. The molecule has 0 spiro atoms.